The summed E-state index contributed by atoms with van der Waals surface area (Å²) in [7, 11) is -3.00. The van der Waals surface area contributed by atoms with E-state index in [1.165, 1.54) is 5.56 Å². The maximum Gasteiger partial charge on any atom is 0.315 e. The Labute approximate surface area is 168 Å². The van der Waals surface area contributed by atoms with Gasteiger partial charge in [-0.2, -0.15) is 0 Å². The van der Waals surface area contributed by atoms with Crippen LogP contribution in [0.4, 0.5) is 0 Å². The molecule has 0 amide bonds. The number of ether oxygens (including phenoxy) is 1. The summed E-state index contributed by atoms with van der Waals surface area (Å²) in [4.78, 5) is 12.7. The molecule has 0 radical (unpaired) electrons. The minimum atomic E-state index is -1.80. The van der Waals surface area contributed by atoms with Crippen LogP contribution in [0.5, 0.6) is 0 Å². The summed E-state index contributed by atoms with van der Waals surface area (Å²) in [5.41, 5.74) is 1.27. The Balaban J connectivity index is 3.01. The summed E-state index contributed by atoms with van der Waals surface area (Å²) in [5, 5.41) is 0. The van der Waals surface area contributed by atoms with E-state index in [2.05, 4.69) is 69.6 Å². The molecule has 0 aromatic heterocycles. The number of esters is 1. The number of hydrogen-bond acceptors (Lipinski definition) is 3. The molecule has 1 rings (SSSR count). The molecule has 152 valence electrons. The molecule has 0 aliphatic rings. The molecule has 0 unspecified atom stereocenters. The third-order valence-corrected chi connectivity index (χ3v) is 6.57. The fraction of sp³-hybridized carbons (Fsp3) is 0.591. The second kappa shape index (κ2) is 11.0. The van der Waals surface area contributed by atoms with Crippen LogP contribution in [0.25, 0.3) is 0 Å². The van der Waals surface area contributed by atoms with Crippen molar-refractivity contribution in [2.45, 2.75) is 71.2 Å². The van der Waals surface area contributed by atoms with E-state index in [9.17, 15) is 4.79 Å². The van der Waals surface area contributed by atoms with Crippen LogP contribution in [0, 0.1) is 5.92 Å². The zero-order valence-electron chi connectivity index (χ0n) is 18.2. The van der Waals surface area contributed by atoms with Crippen molar-refractivity contribution in [1.29, 1.82) is 0 Å². The number of aryl methyl sites for hydroxylation is 1. The van der Waals surface area contributed by atoms with Gasteiger partial charge < -0.3 is 9.16 Å². The summed E-state index contributed by atoms with van der Waals surface area (Å²) in [6.07, 6.45) is 5.79. The summed E-state index contributed by atoms with van der Waals surface area (Å²) in [6, 6.07) is 11.5. The van der Waals surface area contributed by atoms with Crippen molar-refractivity contribution in [3.05, 3.63) is 48.0 Å². The van der Waals surface area contributed by atoms with Crippen LogP contribution in [-0.2, 0) is 20.4 Å². The first-order valence-electron chi connectivity index (χ1n) is 10.1. The highest BCUT2D eigenvalue weighted by atomic mass is 28.4. The van der Waals surface area contributed by atoms with Gasteiger partial charge in [-0.3, -0.25) is 4.79 Å². The Morgan fingerprint density at radius 2 is 1.70 bits per heavy atom. The lowest BCUT2D eigenvalue weighted by molar-refractivity contribution is -0.149. The summed E-state index contributed by atoms with van der Waals surface area (Å²) in [5.74, 6) is -0.502. The van der Waals surface area contributed by atoms with E-state index in [0.29, 0.717) is 6.61 Å². The molecule has 0 bridgehead atoms. The number of allylic oxidation sites excluding steroid dienone is 1. The molecule has 1 aromatic rings. The number of carbonyl (C=O) groups is 1. The van der Waals surface area contributed by atoms with Crippen molar-refractivity contribution in [3.63, 3.8) is 0 Å². The monoisotopic (exact) mass is 406 g/mol. The van der Waals surface area contributed by atoms with Gasteiger partial charge in [0.05, 0.1) is 18.6 Å². The molecule has 2 atom stereocenters. The smallest absolute Gasteiger partial charge is 0.315 e. The molecule has 0 fully saturated rings. The molecular formula is C22H38O3Si2. The Morgan fingerprint density at radius 3 is 2.22 bits per heavy atom. The molecule has 0 N–H and O–H groups in total. The van der Waals surface area contributed by atoms with Gasteiger partial charge in [-0.05, 0) is 51.0 Å². The molecule has 0 saturated carbocycles. The van der Waals surface area contributed by atoms with Gasteiger partial charge >= 0.3 is 5.97 Å². The van der Waals surface area contributed by atoms with Crippen LogP contribution < -0.4 is 0 Å². The average molecular weight is 407 g/mol. The molecule has 0 spiro atoms. The summed E-state index contributed by atoms with van der Waals surface area (Å²) < 4.78 is 11.9. The highest BCUT2D eigenvalue weighted by molar-refractivity contribution is 6.76. The van der Waals surface area contributed by atoms with E-state index in [4.69, 9.17) is 9.16 Å². The second-order valence-electron chi connectivity index (χ2n) is 9.26. The van der Waals surface area contributed by atoms with Gasteiger partial charge in [0.25, 0.3) is 0 Å². The largest absolute Gasteiger partial charge is 0.465 e. The lowest BCUT2D eigenvalue weighted by atomic mass is 9.96. The van der Waals surface area contributed by atoms with Crippen molar-refractivity contribution in [2.75, 3.05) is 6.61 Å². The molecular weight excluding hydrogens is 368 g/mol. The predicted molar refractivity (Wildman–Crippen MR) is 120 cm³/mol. The standard InChI is InChI=1S/C22H38O3Si2/c1-8-24-22(23)20(15-12-18-26(2,3)4)21(25-27(5,6)7)17-16-19-13-10-9-11-14-19/h9-15,20-21H,8,16-18H2,1-7H3/b15-12+/t20-,21+/m0/s1. The summed E-state index contributed by atoms with van der Waals surface area (Å²) in [6.45, 7) is 15.8. The van der Waals surface area contributed by atoms with E-state index in [-0.39, 0.29) is 18.0 Å². The van der Waals surface area contributed by atoms with Gasteiger partial charge in [-0.25, -0.2) is 0 Å². The van der Waals surface area contributed by atoms with Gasteiger partial charge in [0, 0.05) is 8.07 Å². The minimum absolute atomic E-state index is 0.145. The van der Waals surface area contributed by atoms with Crippen molar-refractivity contribution in [3.8, 4) is 0 Å². The van der Waals surface area contributed by atoms with Crippen molar-refractivity contribution in [1.82, 2.24) is 0 Å². The summed E-state index contributed by atoms with van der Waals surface area (Å²) >= 11 is 0. The number of hydrogen-bond donors (Lipinski definition) is 0. The average Bonchev–Trinajstić information content (AvgIpc) is 2.55. The number of rotatable bonds is 11. The van der Waals surface area contributed by atoms with Crippen LogP contribution in [0.1, 0.15) is 18.9 Å². The van der Waals surface area contributed by atoms with E-state index < -0.39 is 16.4 Å². The van der Waals surface area contributed by atoms with Crippen LogP contribution in [0.15, 0.2) is 42.5 Å². The van der Waals surface area contributed by atoms with Crippen molar-refractivity contribution < 1.29 is 14.0 Å². The van der Waals surface area contributed by atoms with E-state index >= 15 is 0 Å². The second-order valence-corrected chi connectivity index (χ2v) is 19.3. The Hall–Kier alpha value is -1.18. The first-order valence-corrected chi connectivity index (χ1v) is 17.2. The topological polar surface area (TPSA) is 35.5 Å². The zero-order chi connectivity index (χ0) is 20.5. The first-order chi connectivity index (χ1) is 12.5. The normalized spacial score (nSPS) is 14.9. The molecule has 0 heterocycles. The van der Waals surface area contributed by atoms with Crippen LogP contribution in [0.3, 0.4) is 0 Å². The van der Waals surface area contributed by atoms with Gasteiger partial charge in [0.2, 0.25) is 0 Å². The molecule has 0 aliphatic carbocycles. The lowest BCUT2D eigenvalue weighted by Crippen LogP contribution is -2.39. The van der Waals surface area contributed by atoms with Crippen molar-refractivity contribution in [2.24, 2.45) is 5.92 Å². The highest BCUT2D eigenvalue weighted by Crippen LogP contribution is 2.23. The predicted octanol–water partition coefficient (Wildman–Crippen LogP) is 5.91. The quantitative estimate of drug-likeness (QED) is 0.260. The van der Waals surface area contributed by atoms with Crippen LogP contribution >= 0.6 is 0 Å². The van der Waals surface area contributed by atoms with Gasteiger partial charge in [-0.1, -0.05) is 62.1 Å². The highest BCUT2D eigenvalue weighted by Gasteiger charge is 2.32. The maximum atomic E-state index is 12.7. The SMILES string of the molecule is CCOC(=O)[C@@H](/C=C/C[Si](C)(C)C)[C@@H](CCc1ccccc1)O[Si](C)(C)C. The minimum Gasteiger partial charge on any atom is -0.465 e. The molecule has 0 aliphatic heterocycles. The van der Waals surface area contributed by atoms with Gasteiger partial charge in [0.1, 0.15) is 0 Å². The lowest BCUT2D eigenvalue weighted by Gasteiger charge is -2.30. The van der Waals surface area contributed by atoms with Gasteiger partial charge in [-0.15, -0.1) is 0 Å². The maximum absolute atomic E-state index is 12.7. The van der Waals surface area contributed by atoms with E-state index in [0.717, 1.165) is 18.9 Å². The fourth-order valence-corrected chi connectivity index (χ4v) is 4.90. The third kappa shape index (κ3) is 10.7. The molecule has 5 heteroatoms. The Bertz CT molecular complexity index is 586. The van der Waals surface area contributed by atoms with Crippen LogP contribution in [0.2, 0.25) is 45.3 Å². The third-order valence-electron chi connectivity index (χ3n) is 4.10. The molecule has 27 heavy (non-hydrogen) atoms. The van der Waals surface area contributed by atoms with Gasteiger partial charge in [0.15, 0.2) is 8.32 Å². The number of carbonyl (C=O) groups excluding carboxylic acids is 1. The molecule has 0 saturated heterocycles. The fourth-order valence-electron chi connectivity index (χ4n) is 2.88. The first kappa shape index (κ1) is 23.9. The Kier molecular flexibility index (Phi) is 9.70. The van der Waals surface area contributed by atoms with E-state index in [1.807, 2.05) is 19.1 Å². The Morgan fingerprint density at radius 1 is 1.07 bits per heavy atom. The molecule has 1 aromatic carbocycles. The molecule has 3 nitrogen and oxygen atoms in total. The zero-order valence-corrected chi connectivity index (χ0v) is 20.2. The van der Waals surface area contributed by atoms with E-state index in [1.54, 1.807) is 0 Å². The van der Waals surface area contributed by atoms with Crippen LogP contribution in [-0.4, -0.2) is 35.1 Å². The number of benzene rings is 1. The van der Waals surface area contributed by atoms with Crippen molar-refractivity contribution >= 4 is 22.4 Å².